The van der Waals surface area contributed by atoms with Gasteiger partial charge in [0.25, 0.3) is 0 Å². The molecule has 24 rings (SSSR count). The van der Waals surface area contributed by atoms with Crippen molar-refractivity contribution in [3.63, 3.8) is 0 Å². The monoisotopic (exact) mass is 1720 g/mol. The molecule has 14 nitrogen and oxygen atoms in total. The molecule has 27 atom stereocenters. The van der Waals surface area contributed by atoms with Gasteiger partial charge in [0.05, 0.1) is 60.9 Å². The summed E-state index contributed by atoms with van der Waals surface area (Å²) >= 11 is 0. The van der Waals surface area contributed by atoms with Gasteiger partial charge in [-0.25, -0.2) is 0 Å². The molecule has 24 aliphatic rings. The van der Waals surface area contributed by atoms with E-state index in [2.05, 4.69) is 25.5 Å². The van der Waals surface area contributed by atoms with E-state index in [0.717, 1.165) is 173 Å². The molecule has 0 amide bonds. The van der Waals surface area contributed by atoms with Crippen molar-refractivity contribution in [3.8, 4) is 0 Å². The van der Waals surface area contributed by atoms with Crippen molar-refractivity contribution in [2.45, 2.75) is 462 Å². The highest BCUT2D eigenvalue weighted by Crippen LogP contribution is 2.74. The van der Waals surface area contributed by atoms with Crippen molar-refractivity contribution in [1.29, 1.82) is 0 Å². The number of carbonyl (C=O) groups excluding carboxylic acids is 7. The summed E-state index contributed by atoms with van der Waals surface area (Å²) in [6.07, 6.45) is 32.4. The zero-order valence-corrected chi connectivity index (χ0v) is 87.4. The van der Waals surface area contributed by atoms with E-state index in [1.807, 2.05) is 256 Å². The molecule has 15 aliphatic carbocycles. The molecular formula is C107H206O14. The molecule has 1 spiro atoms. The van der Waals surface area contributed by atoms with Gasteiger partial charge in [-0.05, 0) is 280 Å². The molecule has 9 saturated heterocycles. The summed E-state index contributed by atoms with van der Waals surface area (Å²) in [7, 11) is 0. The van der Waals surface area contributed by atoms with Crippen LogP contribution in [0.25, 0.3) is 0 Å². The van der Waals surface area contributed by atoms with E-state index in [1.165, 1.54) is 89.9 Å². The lowest BCUT2D eigenvalue weighted by Gasteiger charge is -2.57. The van der Waals surface area contributed by atoms with Crippen LogP contribution < -0.4 is 0 Å². The standard InChI is InChI=1S/C15H20O2.C14H18O2.C11H18O2.C10H14O2.C9H12O2.C8H10O2.C4H6O2.18C2H6/c16-14-15(3-4-17-14)7-10-6-11(15)13-9-2-1-8(5-9)12(10)13;15-14-13-9-4-8(10(13)5-16-14)11-6-1-2-7(3-6)12(9)11;1-9(2)7-10(3)5-6-11(9,4)8(12)13-10;11-10-8-2-6-1-7(3-8)5-9(4-6)12-10;10-9-8-6-2-1-5(3-6)7(8)4-11-9;9-8-6-2-4-1-5(6)7(3-4)10-8;5-4-2-1-3-6-4;18*1-2/h8-13H,1-7H2;6-13H,1-5H2;5-7H2,1-4H3;6-9H,1-5H2;5-8H,1-4H2;4-7H,1-3H2;1-3H2;18*1-2H3. The molecule has 9 aliphatic heterocycles. The Morgan fingerprint density at radius 3 is 1.22 bits per heavy atom. The maximum atomic E-state index is 12.2. The highest BCUT2D eigenvalue weighted by molar-refractivity contribution is 5.81. The van der Waals surface area contributed by atoms with E-state index in [0.29, 0.717) is 73.1 Å². The van der Waals surface area contributed by atoms with Crippen molar-refractivity contribution in [2.24, 2.45) is 158 Å². The zero-order valence-electron chi connectivity index (χ0n) is 87.4. The first-order chi connectivity index (χ1) is 58.8. The van der Waals surface area contributed by atoms with E-state index in [4.69, 9.17) is 28.4 Å². The van der Waals surface area contributed by atoms with Crippen molar-refractivity contribution in [3.05, 3.63) is 0 Å². The molecule has 0 aromatic rings. The van der Waals surface area contributed by atoms with Crippen molar-refractivity contribution >= 4 is 41.8 Å². The van der Waals surface area contributed by atoms with E-state index in [9.17, 15) is 33.6 Å². The second kappa shape index (κ2) is 63.3. The van der Waals surface area contributed by atoms with Crippen LogP contribution in [0.3, 0.4) is 0 Å². The normalized spacial score (nSPS) is 38.8. The average molecular weight is 1720 g/mol. The predicted molar refractivity (Wildman–Crippen MR) is 510 cm³/mol. The molecule has 18 bridgehead atoms. The second-order valence-corrected chi connectivity index (χ2v) is 33.9. The SMILES string of the molecule is CC.CC.CC.CC.CC.CC.CC.CC.CC.CC.CC.CC.CC.CC.CC.CC.CC.CC.CC12CCC(C)(C(=O)O1)C(C)(C)C2.O=C1CCCO1.O=C1OC2CC3CC(C2)CC1C3.O=C1OC2CC3CC1C2C3.O=C1OCC2C3CC(C12)C1C2CCC(C2)C31.O=C1OCC2C3CCC(C3)C12.O=C1OCCC12CC1CC2C2C3CCC(C3)C12. The summed E-state index contributed by atoms with van der Waals surface area (Å²) in [6, 6.07) is 0. The highest BCUT2D eigenvalue weighted by Gasteiger charge is 2.72. The molecule has 14 heteroatoms. The molecule has 0 aromatic carbocycles. The smallest absolute Gasteiger partial charge is 0.312 e. The topological polar surface area (TPSA) is 184 Å². The fourth-order valence-corrected chi connectivity index (χ4v) is 26.3. The number of esters is 7. The molecule has 718 valence electrons. The van der Waals surface area contributed by atoms with Crippen LogP contribution in [-0.4, -0.2) is 86.0 Å². The molecule has 0 radical (unpaired) electrons. The summed E-state index contributed by atoms with van der Waals surface area (Å²) < 4.78 is 36.3. The molecule has 121 heavy (non-hydrogen) atoms. The lowest BCUT2D eigenvalue weighted by Crippen LogP contribution is -2.60. The third kappa shape index (κ3) is 27.9. The quantitative estimate of drug-likeness (QED) is 0.127. The van der Waals surface area contributed by atoms with Gasteiger partial charge in [-0.15, -0.1) is 0 Å². The van der Waals surface area contributed by atoms with Crippen LogP contribution in [0.1, 0.15) is 444 Å². The maximum absolute atomic E-state index is 12.2. The van der Waals surface area contributed by atoms with Crippen LogP contribution in [0.4, 0.5) is 0 Å². The van der Waals surface area contributed by atoms with Gasteiger partial charge in [0.1, 0.15) is 17.8 Å². The third-order valence-corrected chi connectivity index (χ3v) is 29.7. The number of cyclic esters (lactones) is 4. The van der Waals surface area contributed by atoms with Crippen LogP contribution in [0.15, 0.2) is 0 Å². The summed E-state index contributed by atoms with van der Waals surface area (Å²) in [4.78, 5) is 79.5. The Morgan fingerprint density at radius 1 is 0.322 bits per heavy atom. The van der Waals surface area contributed by atoms with Crippen LogP contribution in [0, 0.1) is 158 Å². The fourth-order valence-electron chi connectivity index (χ4n) is 26.3. The maximum Gasteiger partial charge on any atom is 0.312 e. The lowest BCUT2D eigenvalue weighted by molar-refractivity contribution is -0.223. The zero-order chi connectivity index (χ0) is 94.2. The third-order valence-electron chi connectivity index (χ3n) is 29.7. The largest absolute Gasteiger partial charge is 0.466 e. The number of rotatable bonds is 0. The minimum absolute atomic E-state index is 0.00366. The number of ether oxygens (including phenoxy) is 7. The lowest BCUT2D eigenvalue weighted by atomic mass is 9.53. The Kier molecular flexibility index (Phi) is 63.5. The first kappa shape index (κ1) is 121. The first-order valence-electron chi connectivity index (χ1n) is 53.1. The van der Waals surface area contributed by atoms with E-state index >= 15 is 0 Å². The van der Waals surface area contributed by atoms with Gasteiger partial charge >= 0.3 is 41.8 Å². The van der Waals surface area contributed by atoms with E-state index in [1.54, 1.807) is 0 Å². The minimum Gasteiger partial charge on any atom is -0.466 e. The number of hydrogen-bond acceptors (Lipinski definition) is 14. The molecule has 15 saturated carbocycles. The number of fused-ring (bicyclic) bond motifs is 32. The molecule has 9 heterocycles. The minimum atomic E-state index is -0.245. The van der Waals surface area contributed by atoms with Crippen LogP contribution >= 0.6 is 0 Å². The Labute approximate surface area is 750 Å². The van der Waals surface area contributed by atoms with E-state index in [-0.39, 0.29) is 75.7 Å². The van der Waals surface area contributed by atoms with Crippen LogP contribution in [0.5, 0.6) is 0 Å². The summed E-state index contributed by atoms with van der Waals surface area (Å²) in [5, 5.41) is 0. The molecule has 24 fully saturated rings. The number of hydrogen-bond donors (Lipinski definition) is 0. The van der Waals surface area contributed by atoms with Gasteiger partial charge in [-0.2, -0.15) is 0 Å². The van der Waals surface area contributed by atoms with Crippen molar-refractivity contribution < 1.29 is 66.7 Å². The average Bonchev–Trinajstić information content (AvgIpc) is 1.52. The van der Waals surface area contributed by atoms with Crippen molar-refractivity contribution in [2.75, 3.05) is 26.4 Å². The van der Waals surface area contributed by atoms with Gasteiger partial charge in [0, 0.05) is 24.2 Å². The predicted octanol–water partition coefficient (Wildman–Crippen LogP) is 29.9. The summed E-state index contributed by atoms with van der Waals surface area (Å²) in [5.41, 5.74) is -0.339. The van der Waals surface area contributed by atoms with Gasteiger partial charge < -0.3 is 33.2 Å². The molecule has 0 aromatic heterocycles. The van der Waals surface area contributed by atoms with Gasteiger partial charge in [0.2, 0.25) is 0 Å². The van der Waals surface area contributed by atoms with Gasteiger partial charge in [-0.3, -0.25) is 33.6 Å². The first-order valence-corrected chi connectivity index (χ1v) is 53.1. The molecule has 27 unspecified atom stereocenters. The van der Waals surface area contributed by atoms with E-state index < -0.39 is 0 Å². The Bertz CT molecular complexity index is 2720. The second-order valence-electron chi connectivity index (χ2n) is 33.9. The summed E-state index contributed by atoms with van der Waals surface area (Å²) in [5.74, 6) is 18.7. The van der Waals surface area contributed by atoms with Crippen molar-refractivity contribution in [1.82, 2.24) is 0 Å². The summed E-state index contributed by atoms with van der Waals surface area (Å²) in [6.45, 7) is 83.3. The molecular weight excluding hydrogens is 1510 g/mol. The molecule has 0 N–H and O–H groups in total. The van der Waals surface area contributed by atoms with Gasteiger partial charge in [-0.1, -0.05) is 263 Å². The van der Waals surface area contributed by atoms with Crippen LogP contribution in [0.2, 0.25) is 0 Å². The fraction of sp³-hybridized carbons (Fsp3) is 0.935. The van der Waals surface area contributed by atoms with Crippen LogP contribution in [-0.2, 0) is 66.7 Å². The number of carbonyl (C=O) groups is 7. The van der Waals surface area contributed by atoms with Gasteiger partial charge in [0.15, 0.2) is 0 Å². The highest BCUT2D eigenvalue weighted by atomic mass is 16.6. The Hall–Kier alpha value is -3.71. The Morgan fingerprint density at radius 2 is 0.785 bits per heavy atom. The Balaban J connectivity index is -0.00000127.